The predicted octanol–water partition coefficient (Wildman–Crippen LogP) is 3.47. The summed E-state index contributed by atoms with van der Waals surface area (Å²) in [6.45, 7) is 2.33. The Morgan fingerprint density at radius 1 is 1.15 bits per heavy atom. The van der Waals surface area contributed by atoms with Crippen LogP contribution in [0.5, 0.6) is 0 Å². The first-order valence-corrected chi connectivity index (χ1v) is 7.73. The summed E-state index contributed by atoms with van der Waals surface area (Å²) in [6.07, 6.45) is 7.77. The number of carboxylic acid groups (broad SMARTS) is 1. The van der Waals surface area contributed by atoms with E-state index in [-0.39, 0.29) is 6.42 Å². The second-order valence-corrected chi connectivity index (χ2v) is 6.44. The second kappa shape index (κ2) is 5.47. The fraction of sp³-hybridized carbons (Fsp3) is 0.588. The van der Waals surface area contributed by atoms with Crippen LogP contribution in [0.1, 0.15) is 44.1 Å². The fourth-order valence-electron chi connectivity index (χ4n) is 3.82. The summed E-state index contributed by atoms with van der Waals surface area (Å²) in [6, 6.07) is 8.29. The predicted molar refractivity (Wildman–Crippen MR) is 80.1 cm³/mol. The summed E-state index contributed by atoms with van der Waals surface area (Å²) in [5.74, 6) is -0.716. The highest BCUT2D eigenvalue weighted by molar-refractivity contribution is 5.68. The van der Waals surface area contributed by atoms with Crippen LogP contribution in [-0.4, -0.2) is 24.2 Å². The van der Waals surface area contributed by atoms with Crippen LogP contribution >= 0.6 is 0 Å². The van der Waals surface area contributed by atoms with Gasteiger partial charge in [0.25, 0.3) is 0 Å². The van der Waals surface area contributed by atoms with Gasteiger partial charge in [-0.25, -0.2) is 0 Å². The lowest BCUT2D eigenvalue weighted by Gasteiger charge is -2.54. The molecule has 1 saturated carbocycles. The number of aliphatic carboxylic acids is 1. The van der Waals surface area contributed by atoms with Crippen LogP contribution in [0, 0.1) is 5.41 Å². The summed E-state index contributed by atoms with van der Waals surface area (Å²) in [5.41, 5.74) is 3.00. The van der Waals surface area contributed by atoms with Crippen molar-refractivity contribution in [2.75, 3.05) is 18.0 Å². The zero-order valence-corrected chi connectivity index (χ0v) is 12.0. The van der Waals surface area contributed by atoms with Crippen LogP contribution in [-0.2, 0) is 11.2 Å². The van der Waals surface area contributed by atoms with Gasteiger partial charge >= 0.3 is 5.97 Å². The Kier molecular flexibility index (Phi) is 3.68. The molecule has 3 nitrogen and oxygen atoms in total. The minimum atomic E-state index is -0.716. The SMILES string of the molecule is O=C(O)CCc1ccccc1N1CC2(CCCCC2)C1. The molecule has 3 rings (SSSR count). The van der Waals surface area contributed by atoms with Crippen LogP contribution in [0.2, 0.25) is 0 Å². The highest BCUT2D eigenvalue weighted by Crippen LogP contribution is 2.46. The van der Waals surface area contributed by atoms with E-state index in [1.54, 1.807) is 0 Å². The molecule has 0 radical (unpaired) electrons. The van der Waals surface area contributed by atoms with Crippen LogP contribution in [0.3, 0.4) is 0 Å². The minimum Gasteiger partial charge on any atom is -0.481 e. The molecule has 1 heterocycles. The van der Waals surface area contributed by atoms with Crippen LogP contribution in [0.4, 0.5) is 5.69 Å². The Balaban J connectivity index is 1.67. The molecule has 1 aliphatic carbocycles. The largest absolute Gasteiger partial charge is 0.481 e. The Labute approximate surface area is 120 Å². The van der Waals surface area contributed by atoms with Gasteiger partial charge in [0.15, 0.2) is 0 Å². The number of carbonyl (C=O) groups is 1. The molecule has 1 aliphatic heterocycles. The monoisotopic (exact) mass is 273 g/mol. The molecule has 0 aromatic heterocycles. The highest BCUT2D eigenvalue weighted by Gasteiger charge is 2.43. The molecule has 1 aromatic carbocycles. The van der Waals surface area contributed by atoms with Gasteiger partial charge in [-0.2, -0.15) is 0 Å². The smallest absolute Gasteiger partial charge is 0.303 e. The standard InChI is InChI=1S/C17H23NO2/c19-16(20)9-8-14-6-2-3-7-15(14)18-12-17(13-18)10-4-1-5-11-17/h2-3,6-7H,1,4-5,8-13H2,(H,19,20). The molecule has 0 atom stereocenters. The first-order chi connectivity index (χ1) is 9.69. The molecular weight excluding hydrogens is 250 g/mol. The van der Waals surface area contributed by atoms with Gasteiger partial charge < -0.3 is 10.0 Å². The molecule has 1 aromatic rings. The van der Waals surface area contributed by atoms with Crippen molar-refractivity contribution in [3.63, 3.8) is 0 Å². The van der Waals surface area contributed by atoms with E-state index in [0.717, 1.165) is 13.1 Å². The van der Waals surface area contributed by atoms with E-state index < -0.39 is 5.97 Å². The maximum atomic E-state index is 10.8. The number of para-hydroxylation sites is 1. The molecular formula is C17H23NO2. The molecule has 1 N–H and O–H groups in total. The zero-order chi connectivity index (χ0) is 14.0. The van der Waals surface area contributed by atoms with E-state index in [4.69, 9.17) is 5.11 Å². The van der Waals surface area contributed by atoms with Crippen LogP contribution < -0.4 is 4.90 Å². The lowest BCUT2D eigenvalue weighted by molar-refractivity contribution is -0.136. The van der Waals surface area contributed by atoms with E-state index in [9.17, 15) is 4.79 Å². The fourth-order valence-corrected chi connectivity index (χ4v) is 3.82. The van der Waals surface area contributed by atoms with Crippen molar-refractivity contribution < 1.29 is 9.90 Å². The maximum Gasteiger partial charge on any atom is 0.303 e. The third kappa shape index (κ3) is 2.67. The van der Waals surface area contributed by atoms with E-state index in [1.807, 2.05) is 6.07 Å². The molecule has 1 spiro atoms. The number of aryl methyl sites for hydroxylation is 1. The lowest BCUT2D eigenvalue weighted by atomic mass is 9.68. The number of benzene rings is 1. The number of rotatable bonds is 4. The first-order valence-electron chi connectivity index (χ1n) is 7.73. The third-order valence-corrected chi connectivity index (χ3v) is 4.91. The van der Waals surface area contributed by atoms with Crippen molar-refractivity contribution in [3.8, 4) is 0 Å². The average molecular weight is 273 g/mol. The van der Waals surface area contributed by atoms with Gasteiger partial charge in [0.2, 0.25) is 0 Å². The summed E-state index contributed by atoms with van der Waals surface area (Å²) in [7, 11) is 0. The van der Waals surface area contributed by atoms with Gasteiger partial charge in [0, 0.05) is 30.6 Å². The topological polar surface area (TPSA) is 40.5 Å². The average Bonchev–Trinajstić information content (AvgIpc) is 2.44. The van der Waals surface area contributed by atoms with Crippen LogP contribution in [0.15, 0.2) is 24.3 Å². The Morgan fingerprint density at radius 3 is 2.55 bits per heavy atom. The van der Waals surface area contributed by atoms with Gasteiger partial charge in [-0.05, 0) is 30.9 Å². The second-order valence-electron chi connectivity index (χ2n) is 6.44. The Morgan fingerprint density at radius 2 is 1.85 bits per heavy atom. The Hall–Kier alpha value is -1.51. The summed E-state index contributed by atoms with van der Waals surface area (Å²) >= 11 is 0. The zero-order valence-electron chi connectivity index (χ0n) is 12.0. The summed E-state index contributed by atoms with van der Waals surface area (Å²) < 4.78 is 0. The van der Waals surface area contributed by atoms with E-state index in [1.165, 1.54) is 43.4 Å². The van der Waals surface area contributed by atoms with E-state index >= 15 is 0 Å². The maximum absolute atomic E-state index is 10.8. The Bertz CT molecular complexity index is 484. The quantitative estimate of drug-likeness (QED) is 0.913. The van der Waals surface area contributed by atoms with Crippen molar-refractivity contribution in [3.05, 3.63) is 29.8 Å². The first kappa shape index (κ1) is 13.5. The van der Waals surface area contributed by atoms with Gasteiger partial charge in [-0.3, -0.25) is 4.79 Å². The van der Waals surface area contributed by atoms with Crippen molar-refractivity contribution >= 4 is 11.7 Å². The van der Waals surface area contributed by atoms with Gasteiger partial charge in [-0.1, -0.05) is 37.5 Å². The van der Waals surface area contributed by atoms with Crippen molar-refractivity contribution in [2.24, 2.45) is 5.41 Å². The number of anilines is 1. The van der Waals surface area contributed by atoms with E-state index in [0.29, 0.717) is 11.8 Å². The van der Waals surface area contributed by atoms with E-state index in [2.05, 4.69) is 23.1 Å². The number of carboxylic acids is 1. The minimum absolute atomic E-state index is 0.218. The number of hydrogen-bond donors (Lipinski definition) is 1. The molecule has 2 fully saturated rings. The van der Waals surface area contributed by atoms with Gasteiger partial charge in [-0.15, -0.1) is 0 Å². The molecule has 108 valence electrons. The molecule has 3 heteroatoms. The third-order valence-electron chi connectivity index (χ3n) is 4.91. The number of nitrogens with zero attached hydrogens (tertiary/aromatic N) is 1. The highest BCUT2D eigenvalue weighted by atomic mass is 16.4. The van der Waals surface area contributed by atoms with Crippen molar-refractivity contribution in [1.29, 1.82) is 0 Å². The van der Waals surface area contributed by atoms with Crippen LogP contribution in [0.25, 0.3) is 0 Å². The molecule has 20 heavy (non-hydrogen) atoms. The number of hydrogen-bond acceptors (Lipinski definition) is 2. The molecule has 0 amide bonds. The summed E-state index contributed by atoms with van der Waals surface area (Å²) in [4.78, 5) is 13.2. The van der Waals surface area contributed by atoms with Crippen molar-refractivity contribution in [1.82, 2.24) is 0 Å². The molecule has 1 saturated heterocycles. The van der Waals surface area contributed by atoms with Gasteiger partial charge in [0.1, 0.15) is 0 Å². The lowest BCUT2D eigenvalue weighted by Crippen LogP contribution is -2.57. The molecule has 0 unspecified atom stereocenters. The molecule has 0 bridgehead atoms. The van der Waals surface area contributed by atoms with Gasteiger partial charge in [0.05, 0.1) is 0 Å². The molecule has 2 aliphatic rings. The summed E-state index contributed by atoms with van der Waals surface area (Å²) in [5, 5.41) is 8.86. The van der Waals surface area contributed by atoms with Crippen molar-refractivity contribution in [2.45, 2.75) is 44.9 Å². The normalized spacial score (nSPS) is 20.7.